The lowest BCUT2D eigenvalue weighted by Crippen LogP contribution is -2.27. The third kappa shape index (κ3) is 4.18. The van der Waals surface area contributed by atoms with Crippen LogP contribution in [-0.4, -0.2) is 18.9 Å². The van der Waals surface area contributed by atoms with Crippen molar-refractivity contribution in [3.05, 3.63) is 58.6 Å². The van der Waals surface area contributed by atoms with Crippen molar-refractivity contribution < 1.29 is 9.59 Å². The molecular weight excluding hydrogens is 344 g/mol. The second-order valence-electron chi connectivity index (χ2n) is 4.95. The van der Waals surface area contributed by atoms with Gasteiger partial charge in [0, 0.05) is 29.8 Å². The van der Waals surface area contributed by atoms with Gasteiger partial charge in [-0.1, -0.05) is 34.1 Å². The maximum absolute atomic E-state index is 12.4. The zero-order valence-electron chi connectivity index (χ0n) is 12.5. The van der Waals surface area contributed by atoms with E-state index in [1.165, 1.54) is 6.92 Å². The highest BCUT2D eigenvalue weighted by molar-refractivity contribution is 9.10. The summed E-state index contributed by atoms with van der Waals surface area (Å²) in [5.41, 5.74) is 2.45. The van der Waals surface area contributed by atoms with Crippen LogP contribution in [0.1, 0.15) is 12.5 Å². The Morgan fingerprint density at radius 3 is 2.32 bits per heavy atom. The molecule has 4 nitrogen and oxygen atoms in total. The molecule has 0 fully saturated rings. The largest absolute Gasteiger partial charge is 0.326 e. The van der Waals surface area contributed by atoms with Crippen molar-refractivity contribution in [2.45, 2.75) is 13.3 Å². The molecule has 2 aromatic carbocycles. The fourth-order valence-corrected chi connectivity index (χ4v) is 2.46. The Bertz CT molecular complexity index is 683. The monoisotopic (exact) mass is 360 g/mol. The van der Waals surface area contributed by atoms with E-state index in [1.54, 1.807) is 24.1 Å². The minimum Gasteiger partial charge on any atom is -0.326 e. The predicted molar refractivity (Wildman–Crippen MR) is 92.0 cm³/mol. The molecule has 2 rings (SSSR count). The molecule has 0 unspecified atom stereocenters. The molecule has 0 aliphatic carbocycles. The molecule has 114 valence electrons. The fraction of sp³-hybridized carbons (Fsp3) is 0.176. The Labute approximate surface area is 138 Å². The normalized spacial score (nSPS) is 10.1. The first-order valence-electron chi connectivity index (χ1n) is 6.85. The topological polar surface area (TPSA) is 49.4 Å². The van der Waals surface area contributed by atoms with E-state index < -0.39 is 0 Å². The molecule has 0 heterocycles. The number of nitrogens with zero attached hydrogens (tertiary/aromatic N) is 1. The minimum absolute atomic E-state index is 0.000762. The summed E-state index contributed by atoms with van der Waals surface area (Å²) in [6, 6.07) is 14.9. The van der Waals surface area contributed by atoms with E-state index in [1.807, 2.05) is 36.4 Å². The van der Waals surface area contributed by atoms with Crippen molar-refractivity contribution in [2.75, 3.05) is 17.3 Å². The third-order valence-electron chi connectivity index (χ3n) is 3.25. The van der Waals surface area contributed by atoms with Gasteiger partial charge in [-0.2, -0.15) is 0 Å². The number of amides is 2. The summed E-state index contributed by atoms with van der Waals surface area (Å²) in [5.74, 6) is -0.120. The highest BCUT2D eigenvalue weighted by Crippen LogP contribution is 2.20. The van der Waals surface area contributed by atoms with Gasteiger partial charge < -0.3 is 10.2 Å². The number of carbonyl (C=O) groups is 2. The van der Waals surface area contributed by atoms with Gasteiger partial charge in [0.2, 0.25) is 11.8 Å². The summed E-state index contributed by atoms with van der Waals surface area (Å²) >= 11 is 3.45. The predicted octanol–water partition coefficient (Wildman–Crippen LogP) is 3.61. The van der Waals surface area contributed by atoms with Gasteiger partial charge >= 0.3 is 0 Å². The van der Waals surface area contributed by atoms with Crippen molar-refractivity contribution in [1.82, 2.24) is 0 Å². The van der Waals surface area contributed by atoms with Gasteiger partial charge in [0.1, 0.15) is 0 Å². The molecule has 0 saturated carbocycles. The van der Waals surface area contributed by atoms with Gasteiger partial charge in [0.25, 0.3) is 0 Å². The Balaban J connectivity index is 2.07. The summed E-state index contributed by atoms with van der Waals surface area (Å²) in [4.78, 5) is 25.0. The van der Waals surface area contributed by atoms with Gasteiger partial charge in [-0.25, -0.2) is 0 Å². The molecule has 0 radical (unpaired) electrons. The molecule has 0 aliphatic rings. The second-order valence-corrected chi connectivity index (χ2v) is 5.80. The number of benzene rings is 2. The summed E-state index contributed by atoms with van der Waals surface area (Å²) in [7, 11) is 1.74. The molecule has 2 amide bonds. The molecule has 0 spiro atoms. The van der Waals surface area contributed by atoms with Gasteiger partial charge in [0.05, 0.1) is 6.42 Å². The minimum atomic E-state index is -0.119. The SMILES string of the molecule is CC(=O)Nc1ccc(N(C)C(=O)Cc2ccccc2Br)cc1. The van der Waals surface area contributed by atoms with Gasteiger partial charge in [-0.05, 0) is 35.9 Å². The zero-order valence-corrected chi connectivity index (χ0v) is 14.1. The third-order valence-corrected chi connectivity index (χ3v) is 4.02. The number of carbonyl (C=O) groups excluding carboxylic acids is 2. The lowest BCUT2D eigenvalue weighted by Gasteiger charge is -2.18. The van der Waals surface area contributed by atoms with Gasteiger partial charge in [-0.3, -0.25) is 9.59 Å². The Hall–Kier alpha value is -2.14. The van der Waals surface area contributed by atoms with Crippen LogP contribution in [-0.2, 0) is 16.0 Å². The molecule has 0 bridgehead atoms. The van der Waals surface area contributed by atoms with Crippen LogP contribution in [0.5, 0.6) is 0 Å². The van der Waals surface area contributed by atoms with Crippen LogP contribution in [0.2, 0.25) is 0 Å². The smallest absolute Gasteiger partial charge is 0.231 e. The number of rotatable bonds is 4. The number of hydrogen-bond donors (Lipinski definition) is 1. The molecule has 0 aromatic heterocycles. The number of anilines is 2. The fourth-order valence-electron chi connectivity index (χ4n) is 2.04. The van der Waals surface area contributed by atoms with Crippen molar-refractivity contribution in [1.29, 1.82) is 0 Å². The quantitative estimate of drug-likeness (QED) is 0.905. The number of nitrogens with one attached hydrogen (secondary N) is 1. The Kier molecular flexibility index (Phi) is 5.33. The second kappa shape index (κ2) is 7.22. The molecular formula is C17H17BrN2O2. The standard InChI is InChI=1S/C17H17BrN2O2/c1-12(21)19-14-7-9-15(10-8-14)20(2)17(22)11-13-5-3-4-6-16(13)18/h3-10H,11H2,1-2H3,(H,19,21). The first kappa shape index (κ1) is 16.2. The van der Waals surface area contributed by atoms with Crippen LogP contribution in [0.25, 0.3) is 0 Å². The lowest BCUT2D eigenvalue weighted by molar-refractivity contribution is -0.117. The van der Waals surface area contributed by atoms with Crippen molar-refractivity contribution in [2.24, 2.45) is 0 Å². The Morgan fingerprint density at radius 2 is 1.73 bits per heavy atom. The highest BCUT2D eigenvalue weighted by Gasteiger charge is 2.13. The first-order valence-corrected chi connectivity index (χ1v) is 7.64. The molecule has 0 atom stereocenters. The summed E-state index contributed by atoms with van der Waals surface area (Å²) in [5, 5.41) is 2.70. The highest BCUT2D eigenvalue weighted by atomic mass is 79.9. The van der Waals surface area contributed by atoms with Crippen LogP contribution in [0.15, 0.2) is 53.0 Å². The average Bonchev–Trinajstić information content (AvgIpc) is 2.49. The number of halogens is 1. The lowest BCUT2D eigenvalue weighted by atomic mass is 10.1. The van der Waals surface area contributed by atoms with E-state index in [9.17, 15) is 9.59 Å². The first-order chi connectivity index (χ1) is 10.5. The maximum atomic E-state index is 12.4. The van der Waals surface area contributed by atoms with E-state index in [0.29, 0.717) is 12.1 Å². The van der Waals surface area contributed by atoms with Crippen LogP contribution in [0, 0.1) is 0 Å². The van der Waals surface area contributed by atoms with Crippen molar-refractivity contribution >= 4 is 39.1 Å². The number of likely N-dealkylation sites (N-methyl/N-ethyl adjacent to an activating group) is 1. The van der Waals surface area contributed by atoms with Crippen LogP contribution >= 0.6 is 15.9 Å². The summed E-state index contributed by atoms with van der Waals surface area (Å²) in [6.45, 7) is 1.46. The van der Waals surface area contributed by atoms with E-state index in [2.05, 4.69) is 21.2 Å². The zero-order chi connectivity index (χ0) is 16.1. The van der Waals surface area contributed by atoms with Crippen molar-refractivity contribution in [3.8, 4) is 0 Å². The average molecular weight is 361 g/mol. The summed E-state index contributed by atoms with van der Waals surface area (Å²) < 4.78 is 0.928. The van der Waals surface area contributed by atoms with E-state index in [4.69, 9.17) is 0 Å². The van der Waals surface area contributed by atoms with Crippen LogP contribution < -0.4 is 10.2 Å². The van der Waals surface area contributed by atoms with E-state index in [0.717, 1.165) is 15.7 Å². The maximum Gasteiger partial charge on any atom is 0.231 e. The number of hydrogen-bond acceptors (Lipinski definition) is 2. The Morgan fingerprint density at radius 1 is 1.09 bits per heavy atom. The molecule has 5 heteroatoms. The van der Waals surface area contributed by atoms with E-state index >= 15 is 0 Å². The van der Waals surface area contributed by atoms with E-state index in [-0.39, 0.29) is 11.8 Å². The van der Waals surface area contributed by atoms with Gasteiger partial charge in [0.15, 0.2) is 0 Å². The van der Waals surface area contributed by atoms with Crippen LogP contribution in [0.4, 0.5) is 11.4 Å². The molecule has 0 aliphatic heterocycles. The van der Waals surface area contributed by atoms with Crippen LogP contribution in [0.3, 0.4) is 0 Å². The molecule has 0 saturated heterocycles. The molecule has 22 heavy (non-hydrogen) atoms. The van der Waals surface area contributed by atoms with Gasteiger partial charge in [-0.15, -0.1) is 0 Å². The summed E-state index contributed by atoms with van der Waals surface area (Å²) in [6.07, 6.45) is 0.325. The molecule has 1 N–H and O–H groups in total. The van der Waals surface area contributed by atoms with Crippen molar-refractivity contribution in [3.63, 3.8) is 0 Å². The molecule has 2 aromatic rings.